The van der Waals surface area contributed by atoms with E-state index in [4.69, 9.17) is 4.74 Å². The first-order chi connectivity index (χ1) is 5.49. The van der Waals surface area contributed by atoms with E-state index in [1.54, 1.807) is 0 Å². The van der Waals surface area contributed by atoms with Gasteiger partial charge in [0.2, 0.25) is 0 Å². The van der Waals surface area contributed by atoms with Crippen LogP contribution >= 0.6 is 0 Å². The Kier molecular flexibility index (Phi) is 4.12. The lowest BCUT2D eigenvalue weighted by molar-refractivity contribution is 0.326. The van der Waals surface area contributed by atoms with E-state index in [1.807, 2.05) is 13.8 Å². The number of allylic oxidation sites excluding steroid dienone is 2. The van der Waals surface area contributed by atoms with Crippen LogP contribution in [0.4, 0.5) is 0 Å². The Morgan fingerprint density at radius 1 is 1.08 bits per heavy atom. The first-order valence-corrected chi connectivity index (χ1v) is 3.88. The van der Waals surface area contributed by atoms with Crippen LogP contribution in [0.3, 0.4) is 0 Å². The molecule has 0 fully saturated rings. The van der Waals surface area contributed by atoms with Gasteiger partial charge < -0.3 is 4.74 Å². The molecule has 0 bridgehead atoms. The van der Waals surface area contributed by atoms with Crippen molar-refractivity contribution in [2.75, 3.05) is 0 Å². The largest absolute Gasteiger partial charge is 0.458 e. The van der Waals surface area contributed by atoms with Gasteiger partial charge in [-0.3, -0.25) is 0 Å². The molecule has 0 unspecified atom stereocenters. The molecule has 0 radical (unpaired) electrons. The standard InChI is InChI=1S/C11H16O/c1-7-9(4)11(6)12-10(5)8(2)3/h2,4-7H2,1,3H3. The zero-order valence-electron chi connectivity index (χ0n) is 7.94. The van der Waals surface area contributed by atoms with Crippen molar-refractivity contribution < 1.29 is 4.74 Å². The Labute approximate surface area is 74.7 Å². The average Bonchev–Trinajstić information content (AvgIpc) is 2.02. The number of hydrogen-bond donors (Lipinski definition) is 0. The molecule has 66 valence electrons. The first kappa shape index (κ1) is 10.8. The lowest BCUT2D eigenvalue weighted by Gasteiger charge is -2.11. The number of rotatable bonds is 5. The number of ether oxygens (including phenoxy) is 1. The molecular formula is C11H16O. The highest BCUT2D eigenvalue weighted by atomic mass is 16.5. The maximum Gasteiger partial charge on any atom is 0.122 e. The summed E-state index contributed by atoms with van der Waals surface area (Å²) in [5.41, 5.74) is 1.69. The summed E-state index contributed by atoms with van der Waals surface area (Å²) >= 11 is 0. The third-order valence-electron chi connectivity index (χ3n) is 1.54. The Balaban J connectivity index is 4.11. The Bertz CT molecular complexity index is 233. The molecule has 1 nitrogen and oxygen atoms in total. The third-order valence-corrected chi connectivity index (χ3v) is 1.54. The summed E-state index contributed by atoms with van der Waals surface area (Å²) in [5.74, 6) is 1.13. The monoisotopic (exact) mass is 164 g/mol. The van der Waals surface area contributed by atoms with E-state index in [0.717, 1.165) is 17.6 Å². The van der Waals surface area contributed by atoms with Gasteiger partial charge in [0.15, 0.2) is 0 Å². The predicted octanol–water partition coefficient (Wildman–Crippen LogP) is 3.57. The van der Waals surface area contributed by atoms with Crippen LogP contribution in [-0.2, 0) is 4.74 Å². The van der Waals surface area contributed by atoms with Crippen molar-refractivity contribution in [3.8, 4) is 0 Å². The van der Waals surface area contributed by atoms with Gasteiger partial charge in [-0.15, -0.1) is 0 Å². The summed E-state index contributed by atoms with van der Waals surface area (Å²) in [4.78, 5) is 0. The van der Waals surface area contributed by atoms with Crippen LogP contribution in [0.1, 0.15) is 20.3 Å². The van der Waals surface area contributed by atoms with Crippen LogP contribution in [0.25, 0.3) is 0 Å². The molecule has 0 saturated heterocycles. The third kappa shape index (κ3) is 3.24. The molecular weight excluding hydrogens is 148 g/mol. The maximum atomic E-state index is 5.28. The highest BCUT2D eigenvalue weighted by molar-refractivity contribution is 5.25. The zero-order valence-corrected chi connectivity index (χ0v) is 7.94. The first-order valence-electron chi connectivity index (χ1n) is 3.88. The molecule has 0 amide bonds. The molecule has 0 heterocycles. The highest BCUT2D eigenvalue weighted by Gasteiger charge is 2.01. The van der Waals surface area contributed by atoms with Gasteiger partial charge >= 0.3 is 0 Å². The van der Waals surface area contributed by atoms with E-state index in [-0.39, 0.29) is 0 Å². The fourth-order valence-corrected chi connectivity index (χ4v) is 0.505. The molecule has 0 aromatic carbocycles. The van der Waals surface area contributed by atoms with Crippen LogP contribution in [0.15, 0.2) is 49.0 Å². The van der Waals surface area contributed by atoms with Gasteiger partial charge in [-0.1, -0.05) is 33.2 Å². The van der Waals surface area contributed by atoms with Crippen LogP contribution in [0, 0.1) is 0 Å². The summed E-state index contributed by atoms with van der Waals surface area (Å²) in [6.07, 6.45) is 0.836. The molecule has 0 aromatic heterocycles. The molecule has 0 rings (SSSR count). The lowest BCUT2D eigenvalue weighted by atomic mass is 10.2. The van der Waals surface area contributed by atoms with Crippen molar-refractivity contribution in [1.29, 1.82) is 0 Å². The van der Waals surface area contributed by atoms with Crippen molar-refractivity contribution in [2.24, 2.45) is 0 Å². The van der Waals surface area contributed by atoms with E-state index in [1.165, 1.54) is 0 Å². The van der Waals surface area contributed by atoms with Gasteiger partial charge in [-0.05, 0) is 24.5 Å². The molecule has 12 heavy (non-hydrogen) atoms. The van der Waals surface area contributed by atoms with Crippen LogP contribution in [0.2, 0.25) is 0 Å². The highest BCUT2D eigenvalue weighted by Crippen LogP contribution is 2.17. The Morgan fingerprint density at radius 3 is 1.92 bits per heavy atom. The smallest absolute Gasteiger partial charge is 0.122 e. The fraction of sp³-hybridized carbons (Fsp3) is 0.273. The van der Waals surface area contributed by atoms with Gasteiger partial charge in [0.05, 0.1) is 0 Å². The molecule has 0 aliphatic rings. The molecule has 1 heteroatoms. The van der Waals surface area contributed by atoms with Crippen molar-refractivity contribution in [1.82, 2.24) is 0 Å². The minimum Gasteiger partial charge on any atom is -0.458 e. The van der Waals surface area contributed by atoms with Gasteiger partial charge in [-0.25, -0.2) is 0 Å². The van der Waals surface area contributed by atoms with Crippen LogP contribution in [0.5, 0.6) is 0 Å². The molecule has 0 saturated carbocycles. The van der Waals surface area contributed by atoms with Crippen molar-refractivity contribution in [2.45, 2.75) is 20.3 Å². The van der Waals surface area contributed by atoms with Crippen molar-refractivity contribution >= 4 is 0 Å². The fourth-order valence-electron chi connectivity index (χ4n) is 0.505. The Hall–Kier alpha value is -1.24. The second-order valence-corrected chi connectivity index (χ2v) is 2.69. The van der Waals surface area contributed by atoms with Gasteiger partial charge in [0.1, 0.15) is 11.5 Å². The predicted molar refractivity (Wildman–Crippen MR) is 53.6 cm³/mol. The van der Waals surface area contributed by atoms with Gasteiger partial charge in [0.25, 0.3) is 0 Å². The lowest BCUT2D eigenvalue weighted by Crippen LogP contribution is -1.93. The molecule has 0 aromatic rings. The number of hydrogen-bond acceptors (Lipinski definition) is 1. The van der Waals surface area contributed by atoms with E-state index >= 15 is 0 Å². The van der Waals surface area contributed by atoms with Crippen molar-refractivity contribution in [3.63, 3.8) is 0 Å². The molecule has 0 atom stereocenters. The van der Waals surface area contributed by atoms with Crippen molar-refractivity contribution in [3.05, 3.63) is 49.0 Å². The molecule has 0 aliphatic carbocycles. The second-order valence-electron chi connectivity index (χ2n) is 2.69. The normalized spacial score (nSPS) is 8.83. The van der Waals surface area contributed by atoms with Crippen LogP contribution < -0.4 is 0 Å². The average molecular weight is 164 g/mol. The summed E-state index contributed by atoms with van der Waals surface area (Å²) in [5, 5.41) is 0. The maximum absolute atomic E-state index is 5.28. The second kappa shape index (κ2) is 4.60. The minimum atomic E-state index is 0.551. The summed E-state index contributed by atoms with van der Waals surface area (Å²) < 4.78 is 5.28. The molecule has 0 N–H and O–H groups in total. The van der Waals surface area contributed by atoms with E-state index in [2.05, 4.69) is 26.3 Å². The van der Waals surface area contributed by atoms with Crippen LogP contribution in [-0.4, -0.2) is 0 Å². The molecule has 0 aliphatic heterocycles. The van der Waals surface area contributed by atoms with Gasteiger partial charge in [0, 0.05) is 0 Å². The molecule has 0 spiro atoms. The van der Waals surface area contributed by atoms with E-state index in [9.17, 15) is 0 Å². The van der Waals surface area contributed by atoms with E-state index < -0.39 is 0 Å². The summed E-state index contributed by atoms with van der Waals surface area (Å²) in [6, 6.07) is 0. The summed E-state index contributed by atoms with van der Waals surface area (Å²) in [7, 11) is 0. The quantitative estimate of drug-likeness (QED) is 0.446. The minimum absolute atomic E-state index is 0.551. The van der Waals surface area contributed by atoms with E-state index in [0.29, 0.717) is 11.5 Å². The SMILES string of the molecule is C=C(C)C(=C)OC(=C)C(=C)CC. The summed E-state index contributed by atoms with van der Waals surface area (Å²) in [6.45, 7) is 18.7. The topological polar surface area (TPSA) is 9.23 Å². The van der Waals surface area contributed by atoms with Gasteiger partial charge in [-0.2, -0.15) is 0 Å². The zero-order chi connectivity index (χ0) is 9.72. The Morgan fingerprint density at radius 2 is 1.58 bits per heavy atom.